The van der Waals surface area contributed by atoms with E-state index in [4.69, 9.17) is 0 Å². The molecule has 0 radical (unpaired) electrons. The highest BCUT2D eigenvalue weighted by Gasteiger charge is 2.30. The predicted octanol–water partition coefficient (Wildman–Crippen LogP) is 3.24. The standard InChI is InChI=1S/C25H31FN4O2/c1-18-7-5-10-21(23(18)27-24(31)20-9-3-4-11-22(20)26)25(32)30-15-13-29(14-16-30)19-8-6-12-28(2)17-19/h3-5,7,9-11,19H,6,8,12-17H2,1-2H3,(H,27,31). The Kier molecular flexibility index (Phi) is 6.86. The number of benzene rings is 2. The molecule has 1 unspecified atom stereocenters. The van der Waals surface area contributed by atoms with Gasteiger partial charge in [0, 0.05) is 38.8 Å². The minimum atomic E-state index is -0.587. The van der Waals surface area contributed by atoms with Crippen LogP contribution in [0.3, 0.4) is 0 Å². The number of aryl methyl sites for hydroxylation is 1. The molecule has 7 heteroatoms. The van der Waals surface area contributed by atoms with Crippen LogP contribution in [0.15, 0.2) is 42.5 Å². The van der Waals surface area contributed by atoms with E-state index in [1.165, 1.54) is 25.0 Å². The summed E-state index contributed by atoms with van der Waals surface area (Å²) in [5.41, 5.74) is 1.62. The molecule has 0 aromatic heterocycles. The molecule has 1 N–H and O–H groups in total. The van der Waals surface area contributed by atoms with E-state index in [2.05, 4.69) is 22.2 Å². The van der Waals surface area contributed by atoms with E-state index in [0.717, 1.165) is 31.7 Å². The van der Waals surface area contributed by atoms with Crippen LogP contribution in [0.5, 0.6) is 0 Å². The highest BCUT2D eigenvalue weighted by molar-refractivity contribution is 6.09. The Bertz CT molecular complexity index is 988. The number of anilines is 1. The lowest BCUT2D eigenvalue weighted by Gasteiger charge is -2.42. The predicted molar refractivity (Wildman–Crippen MR) is 124 cm³/mol. The lowest BCUT2D eigenvalue weighted by atomic mass is 10.0. The zero-order chi connectivity index (χ0) is 22.7. The summed E-state index contributed by atoms with van der Waals surface area (Å²) in [6.07, 6.45) is 2.43. The highest BCUT2D eigenvalue weighted by Crippen LogP contribution is 2.25. The largest absolute Gasteiger partial charge is 0.336 e. The molecule has 2 aromatic carbocycles. The third kappa shape index (κ3) is 4.84. The number of nitrogens with zero attached hydrogens (tertiary/aromatic N) is 3. The Labute approximate surface area is 189 Å². The molecule has 2 amide bonds. The van der Waals surface area contributed by atoms with Crippen molar-refractivity contribution >= 4 is 17.5 Å². The lowest BCUT2D eigenvalue weighted by Crippen LogP contribution is -2.55. The van der Waals surface area contributed by atoms with Crippen LogP contribution in [-0.4, -0.2) is 78.9 Å². The van der Waals surface area contributed by atoms with E-state index in [0.29, 0.717) is 30.4 Å². The number of nitrogens with one attached hydrogen (secondary N) is 1. The van der Waals surface area contributed by atoms with Gasteiger partial charge in [-0.05, 0) is 57.1 Å². The number of likely N-dealkylation sites (tertiary alicyclic amines) is 1. The average Bonchev–Trinajstić information content (AvgIpc) is 2.80. The van der Waals surface area contributed by atoms with Gasteiger partial charge in [0.2, 0.25) is 0 Å². The zero-order valence-electron chi connectivity index (χ0n) is 18.8. The molecule has 2 aliphatic heterocycles. The first-order valence-electron chi connectivity index (χ1n) is 11.3. The van der Waals surface area contributed by atoms with Crippen molar-refractivity contribution in [3.05, 3.63) is 65.0 Å². The first kappa shape index (κ1) is 22.4. The summed E-state index contributed by atoms with van der Waals surface area (Å²) in [6.45, 7) is 7.11. The average molecular weight is 439 g/mol. The summed E-state index contributed by atoms with van der Waals surface area (Å²) in [5.74, 6) is -1.24. The second-order valence-corrected chi connectivity index (χ2v) is 8.82. The number of piperidine rings is 1. The fourth-order valence-corrected chi connectivity index (χ4v) is 4.74. The third-order valence-electron chi connectivity index (χ3n) is 6.58. The SMILES string of the molecule is Cc1cccc(C(=O)N2CCN(C3CCCN(C)C3)CC2)c1NC(=O)c1ccccc1F. The number of hydrogen-bond acceptors (Lipinski definition) is 4. The summed E-state index contributed by atoms with van der Waals surface area (Å²) in [4.78, 5) is 32.8. The van der Waals surface area contributed by atoms with E-state index >= 15 is 0 Å². The van der Waals surface area contributed by atoms with E-state index in [1.54, 1.807) is 18.2 Å². The zero-order valence-corrected chi connectivity index (χ0v) is 18.8. The molecule has 2 aliphatic rings. The number of carbonyl (C=O) groups excluding carboxylic acids is 2. The maximum Gasteiger partial charge on any atom is 0.258 e. The van der Waals surface area contributed by atoms with Crippen molar-refractivity contribution in [2.45, 2.75) is 25.8 Å². The van der Waals surface area contributed by atoms with Crippen LogP contribution in [0.2, 0.25) is 0 Å². The summed E-state index contributed by atoms with van der Waals surface area (Å²) in [7, 11) is 2.17. The second kappa shape index (κ2) is 9.79. The Hall–Kier alpha value is -2.77. The number of amides is 2. The molecule has 32 heavy (non-hydrogen) atoms. The molecular weight excluding hydrogens is 407 g/mol. The van der Waals surface area contributed by atoms with Crippen molar-refractivity contribution in [1.29, 1.82) is 0 Å². The fraction of sp³-hybridized carbons (Fsp3) is 0.440. The quantitative estimate of drug-likeness (QED) is 0.796. The number of likely N-dealkylation sites (N-methyl/N-ethyl adjacent to an activating group) is 1. The van der Waals surface area contributed by atoms with Crippen molar-refractivity contribution < 1.29 is 14.0 Å². The maximum atomic E-state index is 14.1. The van der Waals surface area contributed by atoms with Crippen LogP contribution in [0.4, 0.5) is 10.1 Å². The number of piperazine rings is 1. The van der Waals surface area contributed by atoms with Crippen molar-refractivity contribution in [2.24, 2.45) is 0 Å². The molecule has 0 aliphatic carbocycles. The van der Waals surface area contributed by atoms with Gasteiger partial charge in [0.25, 0.3) is 11.8 Å². The van der Waals surface area contributed by atoms with Crippen molar-refractivity contribution in [1.82, 2.24) is 14.7 Å². The first-order chi connectivity index (χ1) is 15.4. The molecule has 0 spiro atoms. The Morgan fingerprint density at radius 2 is 1.69 bits per heavy atom. The Morgan fingerprint density at radius 1 is 0.969 bits per heavy atom. The molecule has 6 nitrogen and oxygen atoms in total. The maximum absolute atomic E-state index is 14.1. The summed E-state index contributed by atoms with van der Waals surface area (Å²) in [5, 5.41) is 2.78. The van der Waals surface area contributed by atoms with E-state index < -0.39 is 11.7 Å². The minimum absolute atomic E-state index is 0.0415. The lowest BCUT2D eigenvalue weighted by molar-refractivity contribution is 0.0453. The Balaban J connectivity index is 1.46. The number of hydrogen-bond donors (Lipinski definition) is 1. The molecular formula is C25H31FN4O2. The smallest absolute Gasteiger partial charge is 0.258 e. The van der Waals surface area contributed by atoms with Crippen LogP contribution < -0.4 is 5.32 Å². The molecule has 2 aromatic rings. The molecule has 2 fully saturated rings. The van der Waals surface area contributed by atoms with Gasteiger partial charge < -0.3 is 15.1 Å². The molecule has 4 rings (SSSR count). The minimum Gasteiger partial charge on any atom is -0.336 e. The van der Waals surface area contributed by atoms with Crippen LogP contribution in [0.1, 0.15) is 39.1 Å². The van der Waals surface area contributed by atoms with Gasteiger partial charge in [-0.1, -0.05) is 24.3 Å². The van der Waals surface area contributed by atoms with Crippen molar-refractivity contribution in [3.8, 4) is 0 Å². The monoisotopic (exact) mass is 438 g/mol. The normalized spacial score (nSPS) is 20.2. The third-order valence-corrected chi connectivity index (χ3v) is 6.58. The Morgan fingerprint density at radius 3 is 2.41 bits per heavy atom. The van der Waals surface area contributed by atoms with Gasteiger partial charge >= 0.3 is 0 Å². The van der Waals surface area contributed by atoms with E-state index in [1.807, 2.05) is 24.0 Å². The van der Waals surface area contributed by atoms with Gasteiger partial charge in [-0.25, -0.2) is 4.39 Å². The molecule has 0 saturated carbocycles. The van der Waals surface area contributed by atoms with Crippen LogP contribution in [-0.2, 0) is 0 Å². The fourth-order valence-electron chi connectivity index (χ4n) is 4.74. The summed E-state index contributed by atoms with van der Waals surface area (Å²) >= 11 is 0. The van der Waals surface area contributed by atoms with Gasteiger partial charge in [0.15, 0.2) is 0 Å². The number of carbonyl (C=O) groups is 2. The summed E-state index contributed by atoms with van der Waals surface area (Å²) < 4.78 is 14.1. The number of halogens is 1. The second-order valence-electron chi connectivity index (χ2n) is 8.82. The van der Waals surface area contributed by atoms with Gasteiger partial charge in [-0.3, -0.25) is 14.5 Å². The molecule has 2 saturated heterocycles. The number of rotatable bonds is 4. The first-order valence-corrected chi connectivity index (χ1v) is 11.3. The molecule has 2 heterocycles. The van der Waals surface area contributed by atoms with Crippen LogP contribution in [0, 0.1) is 12.7 Å². The van der Waals surface area contributed by atoms with Gasteiger partial charge in [0.05, 0.1) is 16.8 Å². The topological polar surface area (TPSA) is 55.9 Å². The molecule has 1 atom stereocenters. The van der Waals surface area contributed by atoms with Gasteiger partial charge in [-0.15, -0.1) is 0 Å². The summed E-state index contributed by atoms with van der Waals surface area (Å²) in [6, 6.07) is 11.8. The molecule has 170 valence electrons. The van der Waals surface area contributed by atoms with Crippen molar-refractivity contribution in [3.63, 3.8) is 0 Å². The number of para-hydroxylation sites is 1. The van der Waals surface area contributed by atoms with Crippen molar-refractivity contribution in [2.75, 3.05) is 51.6 Å². The van der Waals surface area contributed by atoms with Crippen LogP contribution >= 0.6 is 0 Å². The van der Waals surface area contributed by atoms with Gasteiger partial charge in [0.1, 0.15) is 5.82 Å². The molecule has 0 bridgehead atoms. The van der Waals surface area contributed by atoms with Gasteiger partial charge in [-0.2, -0.15) is 0 Å². The van der Waals surface area contributed by atoms with E-state index in [9.17, 15) is 14.0 Å². The van der Waals surface area contributed by atoms with E-state index in [-0.39, 0.29) is 11.5 Å². The highest BCUT2D eigenvalue weighted by atomic mass is 19.1. The van der Waals surface area contributed by atoms with Crippen LogP contribution in [0.25, 0.3) is 0 Å².